The normalized spacial score (nSPS) is 13.3. The van der Waals surface area contributed by atoms with E-state index in [1.54, 1.807) is 0 Å². The fraction of sp³-hybridized carbons (Fsp3) is 0.625. The molecule has 1 aromatic carbocycles. The van der Waals surface area contributed by atoms with Crippen molar-refractivity contribution < 1.29 is 0 Å². The molecule has 102 valence electrons. The molecule has 0 aliphatic rings. The molecule has 1 aromatic rings. The van der Waals surface area contributed by atoms with Crippen molar-refractivity contribution in [2.24, 2.45) is 0 Å². The summed E-state index contributed by atoms with van der Waals surface area (Å²) >= 11 is 0. The van der Waals surface area contributed by atoms with Crippen molar-refractivity contribution in [1.82, 2.24) is 10.2 Å². The van der Waals surface area contributed by atoms with Crippen molar-refractivity contribution in [3.63, 3.8) is 0 Å². The van der Waals surface area contributed by atoms with E-state index in [0.717, 1.165) is 13.1 Å². The molecular weight excluding hydrogens is 220 g/mol. The van der Waals surface area contributed by atoms with E-state index in [4.69, 9.17) is 0 Å². The van der Waals surface area contributed by atoms with Gasteiger partial charge in [-0.15, -0.1) is 0 Å². The number of rotatable bonds is 6. The zero-order valence-corrected chi connectivity index (χ0v) is 12.7. The third kappa shape index (κ3) is 4.11. The lowest BCUT2D eigenvalue weighted by Crippen LogP contribution is -2.38. The topological polar surface area (TPSA) is 15.3 Å². The Balaban J connectivity index is 2.88. The van der Waals surface area contributed by atoms with Crippen LogP contribution in [-0.4, -0.2) is 31.1 Å². The van der Waals surface area contributed by atoms with Crippen molar-refractivity contribution in [1.29, 1.82) is 0 Å². The van der Waals surface area contributed by atoms with Crippen LogP contribution in [0.15, 0.2) is 18.2 Å². The Labute approximate surface area is 112 Å². The first-order chi connectivity index (χ1) is 8.47. The van der Waals surface area contributed by atoms with Crippen LogP contribution >= 0.6 is 0 Å². The smallest absolute Gasteiger partial charge is 0.0447 e. The molecular formula is C16H28N2. The Morgan fingerprint density at radius 2 is 1.67 bits per heavy atom. The Hall–Kier alpha value is -0.860. The number of benzene rings is 1. The van der Waals surface area contributed by atoms with Crippen LogP contribution in [0.25, 0.3) is 0 Å². The summed E-state index contributed by atoms with van der Waals surface area (Å²) < 4.78 is 0. The van der Waals surface area contributed by atoms with E-state index >= 15 is 0 Å². The molecule has 0 fully saturated rings. The summed E-state index contributed by atoms with van der Waals surface area (Å²) in [6.45, 7) is 13.3. The lowest BCUT2D eigenvalue weighted by Gasteiger charge is -2.30. The minimum atomic E-state index is 0.408. The standard InChI is InChI=1S/C16H28N2/c1-7-18(12(2)3)11-16(17-6)15-9-13(4)8-14(5)10-15/h8-10,12,16-17H,7,11H2,1-6H3. The van der Waals surface area contributed by atoms with Gasteiger partial charge in [-0.25, -0.2) is 0 Å². The average Bonchev–Trinajstić information content (AvgIpc) is 2.28. The Morgan fingerprint density at radius 1 is 1.11 bits per heavy atom. The second-order valence-electron chi connectivity index (χ2n) is 5.44. The molecule has 2 heteroatoms. The van der Waals surface area contributed by atoms with Crippen LogP contribution in [0.1, 0.15) is 43.5 Å². The Kier molecular flexibility index (Phi) is 5.83. The van der Waals surface area contributed by atoms with E-state index in [1.165, 1.54) is 16.7 Å². The zero-order valence-electron chi connectivity index (χ0n) is 12.7. The summed E-state index contributed by atoms with van der Waals surface area (Å²) in [5.41, 5.74) is 4.09. The highest BCUT2D eigenvalue weighted by molar-refractivity contribution is 5.30. The van der Waals surface area contributed by atoms with Gasteiger partial charge in [-0.05, 0) is 46.9 Å². The molecule has 1 N–H and O–H groups in total. The van der Waals surface area contributed by atoms with Crippen LogP contribution in [0.2, 0.25) is 0 Å². The molecule has 0 bridgehead atoms. The molecule has 18 heavy (non-hydrogen) atoms. The summed E-state index contributed by atoms with van der Waals surface area (Å²) in [7, 11) is 2.05. The Morgan fingerprint density at radius 3 is 2.06 bits per heavy atom. The molecule has 1 unspecified atom stereocenters. The summed E-state index contributed by atoms with van der Waals surface area (Å²) in [4.78, 5) is 2.50. The highest BCUT2D eigenvalue weighted by Crippen LogP contribution is 2.18. The highest BCUT2D eigenvalue weighted by atomic mass is 15.2. The van der Waals surface area contributed by atoms with Gasteiger partial charge in [-0.3, -0.25) is 4.90 Å². The SMILES string of the molecule is CCN(CC(NC)c1cc(C)cc(C)c1)C(C)C. The van der Waals surface area contributed by atoms with Gasteiger partial charge in [0.15, 0.2) is 0 Å². The number of aryl methyl sites for hydroxylation is 2. The fourth-order valence-corrected chi connectivity index (χ4v) is 2.51. The highest BCUT2D eigenvalue weighted by Gasteiger charge is 2.16. The molecule has 0 radical (unpaired) electrons. The molecule has 0 saturated heterocycles. The van der Waals surface area contributed by atoms with Gasteiger partial charge in [-0.2, -0.15) is 0 Å². The van der Waals surface area contributed by atoms with Crippen LogP contribution in [0.5, 0.6) is 0 Å². The zero-order chi connectivity index (χ0) is 13.7. The van der Waals surface area contributed by atoms with E-state index in [9.17, 15) is 0 Å². The molecule has 0 amide bonds. The fourth-order valence-electron chi connectivity index (χ4n) is 2.51. The molecule has 1 atom stereocenters. The van der Waals surface area contributed by atoms with Crippen LogP contribution in [-0.2, 0) is 0 Å². The molecule has 1 rings (SSSR count). The maximum atomic E-state index is 3.45. The minimum absolute atomic E-state index is 0.408. The third-order valence-corrected chi connectivity index (χ3v) is 3.55. The lowest BCUT2D eigenvalue weighted by atomic mass is 10.0. The second-order valence-corrected chi connectivity index (χ2v) is 5.44. The first kappa shape index (κ1) is 15.2. The summed E-state index contributed by atoms with van der Waals surface area (Å²) in [5, 5.41) is 3.45. The first-order valence-corrected chi connectivity index (χ1v) is 6.97. The van der Waals surface area contributed by atoms with E-state index in [2.05, 4.69) is 70.1 Å². The predicted octanol–water partition coefficient (Wildman–Crippen LogP) is 3.29. The largest absolute Gasteiger partial charge is 0.312 e. The summed E-state index contributed by atoms with van der Waals surface area (Å²) in [6.07, 6.45) is 0. The molecule has 2 nitrogen and oxygen atoms in total. The average molecular weight is 248 g/mol. The molecule has 0 aliphatic carbocycles. The van der Waals surface area contributed by atoms with E-state index in [-0.39, 0.29) is 0 Å². The van der Waals surface area contributed by atoms with Gasteiger partial charge >= 0.3 is 0 Å². The first-order valence-electron chi connectivity index (χ1n) is 6.97. The maximum Gasteiger partial charge on any atom is 0.0447 e. The van der Waals surface area contributed by atoms with Gasteiger partial charge < -0.3 is 5.32 Å². The minimum Gasteiger partial charge on any atom is -0.312 e. The van der Waals surface area contributed by atoms with Crippen LogP contribution in [0, 0.1) is 13.8 Å². The van der Waals surface area contributed by atoms with E-state index in [0.29, 0.717) is 12.1 Å². The van der Waals surface area contributed by atoms with Crippen molar-refractivity contribution in [3.8, 4) is 0 Å². The number of hydrogen-bond acceptors (Lipinski definition) is 2. The van der Waals surface area contributed by atoms with Gasteiger partial charge in [0.2, 0.25) is 0 Å². The molecule has 0 aromatic heterocycles. The van der Waals surface area contributed by atoms with Gasteiger partial charge in [0, 0.05) is 18.6 Å². The lowest BCUT2D eigenvalue weighted by molar-refractivity contribution is 0.210. The van der Waals surface area contributed by atoms with Crippen molar-refractivity contribution in [2.75, 3.05) is 20.1 Å². The number of nitrogens with one attached hydrogen (secondary N) is 1. The van der Waals surface area contributed by atoms with E-state index < -0.39 is 0 Å². The summed E-state index contributed by atoms with van der Waals surface area (Å²) in [6, 6.07) is 7.82. The van der Waals surface area contributed by atoms with Crippen molar-refractivity contribution in [3.05, 3.63) is 34.9 Å². The summed E-state index contributed by atoms with van der Waals surface area (Å²) in [5.74, 6) is 0. The monoisotopic (exact) mass is 248 g/mol. The van der Waals surface area contributed by atoms with Gasteiger partial charge in [0.25, 0.3) is 0 Å². The van der Waals surface area contributed by atoms with Gasteiger partial charge in [-0.1, -0.05) is 36.2 Å². The molecule has 0 spiro atoms. The van der Waals surface area contributed by atoms with Crippen molar-refractivity contribution >= 4 is 0 Å². The predicted molar refractivity (Wildman–Crippen MR) is 80.1 cm³/mol. The molecule has 0 aliphatic heterocycles. The molecule has 0 heterocycles. The van der Waals surface area contributed by atoms with Crippen molar-refractivity contribution in [2.45, 2.75) is 46.7 Å². The van der Waals surface area contributed by atoms with Gasteiger partial charge in [0.05, 0.1) is 0 Å². The number of likely N-dealkylation sites (N-methyl/N-ethyl adjacent to an activating group) is 2. The second kappa shape index (κ2) is 6.91. The maximum absolute atomic E-state index is 3.45. The van der Waals surface area contributed by atoms with Crippen LogP contribution in [0.3, 0.4) is 0 Å². The van der Waals surface area contributed by atoms with Crippen LogP contribution in [0.4, 0.5) is 0 Å². The third-order valence-electron chi connectivity index (χ3n) is 3.55. The van der Waals surface area contributed by atoms with E-state index in [1.807, 2.05) is 0 Å². The molecule has 0 saturated carbocycles. The number of hydrogen-bond donors (Lipinski definition) is 1. The van der Waals surface area contributed by atoms with Gasteiger partial charge in [0.1, 0.15) is 0 Å². The number of nitrogens with zero attached hydrogens (tertiary/aromatic N) is 1. The Bertz CT molecular complexity index is 351. The van der Waals surface area contributed by atoms with Crippen LogP contribution < -0.4 is 5.32 Å². The quantitative estimate of drug-likeness (QED) is 0.831.